The smallest absolute Gasteiger partial charge is 0.272 e. The zero-order valence-electron chi connectivity index (χ0n) is 27.8. The van der Waals surface area contributed by atoms with Crippen molar-refractivity contribution in [3.05, 3.63) is 130 Å². The number of methoxy groups -OCH3 is 2. The Bertz CT molecular complexity index is 2090. The van der Waals surface area contributed by atoms with E-state index in [2.05, 4.69) is 22.0 Å². The highest BCUT2D eigenvalue weighted by Crippen LogP contribution is 2.36. The van der Waals surface area contributed by atoms with E-state index in [1.807, 2.05) is 42.6 Å². The van der Waals surface area contributed by atoms with Crippen LogP contribution >= 0.6 is 23.1 Å². The van der Waals surface area contributed by atoms with Crippen molar-refractivity contribution in [2.75, 3.05) is 24.9 Å². The molecular weight excluding hydrogens is 669 g/mol. The van der Waals surface area contributed by atoms with Crippen LogP contribution in [0.25, 0.3) is 17.2 Å². The van der Waals surface area contributed by atoms with Crippen LogP contribution in [0, 0.1) is 18.3 Å². The molecule has 0 aliphatic rings. The molecule has 0 saturated heterocycles. The first-order valence-corrected chi connectivity index (χ1v) is 17.2. The Labute approximate surface area is 299 Å². The Hall–Kier alpha value is -5.83. The summed E-state index contributed by atoms with van der Waals surface area (Å²) in [5.41, 5.74) is 4.55. The third-order valence-electron chi connectivity index (χ3n) is 7.54. The van der Waals surface area contributed by atoms with E-state index in [-0.39, 0.29) is 11.6 Å². The highest BCUT2D eigenvalue weighted by Gasteiger charge is 2.21. The van der Waals surface area contributed by atoms with Gasteiger partial charge in [-0.3, -0.25) is 14.4 Å². The molecule has 0 radical (unpaired) electrons. The average Bonchev–Trinajstić information content (AvgIpc) is 3.54. The van der Waals surface area contributed by atoms with Gasteiger partial charge in [-0.2, -0.15) is 5.26 Å². The first-order chi connectivity index (χ1) is 24.2. The Morgan fingerprint density at radius 1 is 0.900 bits per heavy atom. The number of carbonyl (C=O) groups is 3. The van der Waals surface area contributed by atoms with Gasteiger partial charge in [0.05, 0.1) is 25.0 Å². The normalized spacial score (nSPS) is 11.5. The Morgan fingerprint density at radius 2 is 1.66 bits per heavy atom. The highest BCUT2D eigenvalue weighted by atomic mass is 32.2. The van der Waals surface area contributed by atoms with Gasteiger partial charge in [-0.05, 0) is 74.0 Å². The van der Waals surface area contributed by atoms with Crippen LogP contribution in [0.3, 0.4) is 0 Å². The molecule has 252 valence electrons. The first kappa shape index (κ1) is 35.5. The van der Waals surface area contributed by atoms with Crippen molar-refractivity contribution in [2.24, 2.45) is 0 Å². The third kappa shape index (κ3) is 8.79. The van der Waals surface area contributed by atoms with E-state index < -0.39 is 17.1 Å². The molecule has 0 bridgehead atoms. The minimum Gasteiger partial charge on any atom is -0.497 e. The predicted molar refractivity (Wildman–Crippen MR) is 200 cm³/mol. The molecule has 11 heteroatoms. The quantitative estimate of drug-likeness (QED) is 0.0884. The summed E-state index contributed by atoms with van der Waals surface area (Å²) in [6, 6.07) is 30.9. The van der Waals surface area contributed by atoms with E-state index in [1.165, 1.54) is 43.4 Å². The standard InChI is InChI=1S/C39H34N4O5S2/c1-24-13-15-26(16-14-24)33-23-49-39(32(33)22-40)43-36(44)25(2)50-31-12-8-11-29(21-31)41-38(46)34(42-37(45)27-9-6-5-7-10-27)20-28-19-30(47-3)17-18-35(28)48-4/h5-21,23,25H,1-4H3,(H,41,46)(H,42,45)(H,43,44)/b34-20+. The summed E-state index contributed by atoms with van der Waals surface area (Å²) in [6.07, 6.45) is 1.52. The lowest BCUT2D eigenvalue weighted by atomic mass is 10.0. The second kappa shape index (κ2) is 16.5. The van der Waals surface area contributed by atoms with Crippen molar-refractivity contribution in [2.45, 2.75) is 24.0 Å². The van der Waals surface area contributed by atoms with Crippen LogP contribution in [0.2, 0.25) is 0 Å². The van der Waals surface area contributed by atoms with Crippen molar-refractivity contribution >= 4 is 57.6 Å². The molecule has 3 N–H and O–H groups in total. The van der Waals surface area contributed by atoms with E-state index in [4.69, 9.17) is 9.47 Å². The Kier molecular flexibility index (Phi) is 11.7. The fourth-order valence-corrected chi connectivity index (χ4v) is 6.72. The number of carbonyl (C=O) groups excluding carboxylic acids is 3. The summed E-state index contributed by atoms with van der Waals surface area (Å²) in [6.45, 7) is 3.77. The fourth-order valence-electron chi connectivity index (χ4n) is 4.87. The van der Waals surface area contributed by atoms with Gasteiger partial charge in [0.2, 0.25) is 5.91 Å². The van der Waals surface area contributed by atoms with E-state index in [0.29, 0.717) is 38.9 Å². The minimum atomic E-state index is -0.571. The van der Waals surface area contributed by atoms with Crippen LogP contribution < -0.4 is 25.4 Å². The maximum Gasteiger partial charge on any atom is 0.272 e. The van der Waals surface area contributed by atoms with Crippen molar-refractivity contribution in [1.29, 1.82) is 5.26 Å². The van der Waals surface area contributed by atoms with Crippen molar-refractivity contribution in [1.82, 2.24) is 5.32 Å². The summed E-state index contributed by atoms with van der Waals surface area (Å²) in [5.74, 6) is -0.276. The SMILES string of the molecule is COc1ccc(OC)c(/C=C(/NC(=O)c2ccccc2)C(=O)Nc2cccc(SC(C)C(=O)Nc3scc(-c4ccc(C)cc4)c3C#N)c2)c1. The number of hydrogen-bond acceptors (Lipinski definition) is 8. The van der Waals surface area contributed by atoms with Gasteiger partial charge in [0.25, 0.3) is 11.8 Å². The lowest BCUT2D eigenvalue weighted by molar-refractivity contribution is -0.115. The number of amides is 3. The monoisotopic (exact) mass is 702 g/mol. The zero-order valence-corrected chi connectivity index (χ0v) is 29.4. The number of ether oxygens (including phenoxy) is 2. The number of nitrogens with one attached hydrogen (secondary N) is 3. The first-order valence-electron chi connectivity index (χ1n) is 15.5. The molecule has 4 aromatic carbocycles. The number of nitrogens with zero attached hydrogens (tertiary/aromatic N) is 1. The molecule has 0 aliphatic heterocycles. The third-order valence-corrected chi connectivity index (χ3v) is 9.53. The molecule has 9 nitrogen and oxygen atoms in total. The van der Waals surface area contributed by atoms with Crippen LogP contribution in [0.15, 0.2) is 113 Å². The molecule has 0 fully saturated rings. The van der Waals surface area contributed by atoms with Gasteiger partial charge < -0.3 is 25.4 Å². The second-order valence-corrected chi connectivity index (χ2v) is 13.3. The van der Waals surface area contributed by atoms with Crippen molar-refractivity contribution < 1.29 is 23.9 Å². The molecule has 5 aromatic rings. The molecule has 1 aromatic heterocycles. The number of thioether (sulfide) groups is 1. The van der Waals surface area contributed by atoms with Gasteiger partial charge in [0, 0.05) is 32.7 Å². The summed E-state index contributed by atoms with van der Waals surface area (Å²) in [4.78, 5) is 40.8. The molecule has 0 saturated carbocycles. The summed E-state index contributed by atoms with van der Waals surface area (Å²) < 4.78 is 10.8. The van der Waals surface area contributed by atoms with Crippen LogP contribution in [-0.4, -0.2) is 37.2 Å². The summed E-state index contributed by atoms with van der Waals surface area (Å²) in [7, 11) is 3.04. The summed E-state index contributed by atoms with van der Waals surface area (Å²) >= 11 is 2.61. The van der Waals surface area contributed by atoms with Gasteiger partial charge in [-0.1, -0.05) is 54.1 Å². The maximum absolute atomic E-state index is 13.7. The minimum absolute atomic E-state index is 0.0227. The maximum atomic E-state index is 13.7. The molecule has 3 amide bonds. The zero-order chi connectivity index (χ0) is 35.6. The van der Waals surface area contributed by atoms with Crippen LogP contribution in [0.5, 0.6) is 11.5 Å². The number of hydrogen-bond donors (Lipinski definition) is 3. The molecule has 1 heterocycles. The number of rotatable bonds is 12. The van der Waals surface area contributed by atoms with Gasteiger partial charge in [-0.15, -0.1) is 23.1 Å². The van der Waals surface area contributed by atoms with Crippen molar-refractivity contribution in [3.63, 3.8) is 0 Å². The highest BCUT2D eigenvalue weighted by molar-refractivity contribution is 8.00. The topological polar surface area (TPSA) is 130 Å². The molecule has 0 spiro atoms. The van der Waals surface area contributed by atoms with Gasteiger partial charge in [-0.25, -0.2) is 0 Å². The molecule has 1 unspecified atom stereocenters. The predicted octanol–water partition coefficient (Wildman–Crippen LogP) is 8.14. The van der Waals surface area contributed by atoms with E-state index in [9.17, 15) is 19.6 Å². The molecule has 50 heavy (non-hydrogen) atoms. The van der Waals surface area contributed by atoms with Crippen LogP contribution in [-0.2, 0) is 9.59 Å². The van der Waals surface area contributed by atoms with Gasteiger partial charge in [0.15, 0.2) is 0 Å². The van der Waals surface area contributed by atoms with E-state index >= 15 is 0 Å². The van der Waals surface area contributed by atoms with Crippen molar-refractivity contribution in [3.8, 4) is 28.7 Å². The second-order valence-electron chi connectivity index (χ2n) is 11.0. The van der Waals surface area contributed by atoms with Gasteiger partial charge >= 0.3 is 0 Å². The molecular formula is C39H34N4O5S2. The lowest BCUT2D eigenvalue weighted by Crippen LogP contribution is -2.30. The number of aryl methyl sites for hydroxylation is 1. The van der Waals surface area contributed by atoms with Gasteiger partial charge in [0.1, 0.15) is 28.3 Å². The average molecular weight is 703 g/mol. The summed E-state index contributed by atoms with van der Waals surface area (Å²) in [5, 5.41) is 20.2. The largest absolute Gasteiger partial charge is 0.497 e. The lowest BCUT2D eigenvalue weighted by Gasteiger charge is -2.14. The number of anilines is 2. The fraction of sp³-hybridized carbons (Fsp3) is 0.128. The molecule has 5 rings (SSSR count). The Balaban J connectivity index is 1.32. The Morgan fingerprint density at radius 3 is 2.36 bits per heavy atom. The van der Waals surface area contributed by atoms with E-state index in [1.54, 1.807) is 73.7 Å². The molecule has 1 atom stereocenters. The van der Waals surface area contributed by atoms with Crippen LogP contribution in [0.4, 0.5) is 10.7 Å². The number of nitriles is 1. The number of benzene rings is 4. The molecule has 0 aliphatic carbocycles. The van der Waals surface area contributed by atoms with Crippen LogP contribution in [0.1, 0.15) is 34.0 Å². The number of thiophene rings is 1. The van der Waals surface area contributed by atoms with E-state index in [0.717, 1.165) is 21.6 Å².